The summed E-state index contributed by atoms with van der Waals surface area (Å²) in [6.07, 6.45) is 8.96. The Hall–Kier alpha value is -0.873. The fraction of sp³-hybridized carbons (Fsp3) is 0.688. The van der Waals surface area contributed by atoms with Gasteiger partial charge in [0, 0.05) is 6.92 Å². The van der Waals surface area contributed by atoms with Crippen LogP contribution in [-0.4, -0.2) is 20.4 Å². The molecule has 0 unspecified atom stereocenters. The van der Waals surface area contributed by atoms with Gasteiger partial charge in [0.1, 0.15) is 0 Å². The minimum Gasteiger partial charge on any atom is -0.435 e. The Balaban J connectivity index is 2.68. The molecule has 114 valence electrons. The van der Waals surface area contributed by atoms with Gasteiger partial charge < -0.3 is 9.16 Å². The molecule has 0 aromatic heterocycles. The van der Waals surface area contributed by atoms with E-state index in [0.29, 0.717) is 0 Å². The average Bonchev–Trinajstić information content (AvgIpc) is 2.26. The van der Waals surface area contributed by atoms with Crippen molar-refractivity contribution in [2.75, 3.05) is 0 Å². The molecule has 4 heteroatoms. The minimum absolute atomic E-state index is 0.196. The van der Waals surface area contributed by atoms with Crippen LogP contribution in [0.1, 0.15) is 47.0 Å². The monoisotopic (exact) mass is 296 g/mol. The Bertz CT molecular complexity index is 402. The summed E-state index contributed by atoms with van der Waals surface area (Å²) >= 11 is 0. The zero-order valence-electron chi connectivity index (χ0n) is 13.7. The standard InChI is InChI=1S/C16H28O3Si/c1-13(17)18-11-10-14-8-7-9-15(12-14)19-20(5,6)16(2,3)4/h10-12,15H,7-9H2,1-6H3/b11-10-/t15-/m1/s1. The largest absolute Gasteiger partial charge is 0.435 e. The summed E-state index contributed by atoms with van der Waals surface area (Å²) in [4.78, 5) is 10.7. The predicted octanol–water partition coefficient (Wildman–Crippen LogP) is 4.56. The van der Waals surface area contributed by atoms with Crippen LogP contribution >= 0.6 is 0 Å². The zero-order valence-corrected chi connectivity index (χ0v) is 14.7. The number of carbonyl (C=O) groups is 1. The van der Waals surface area contributed by atoms with Crippen molar-refractivity contribution in [2.24, 2.45) is 0 Å². The Kier molecular flexibility index (Phi) is 5.77. The number of allylic oxidation sites excluding steroid dienone is 2. The van der Waals surface area contributed by atoms with Crippen LogP contribution in [0.5, 0.6) is 0 Å². The lowest BCUT2D eigenvalue weighted by Gasteiger charge is -2.39. The highest BCUT2D eigenvalue weighted by Crippen LogP contribution is 2.38. The summed E-state index contributed by atoms with van der Waals surface area (Å²) in [6, 6.07) is 0. The van der Waals surface area contributed by atoms with Gasteiger partial charge in [-0.05, 0) is 49.0 Å². The molecule has 0 fully saturated rings. The first-order valence-electron chi connectivity index (χ1n) is 7.34. The lowest BCUT2D eigenvalue weighted by molar-refractivity contribution is -0.135. The van der Waals surface area contributed by atoms with Crippen molar-refractivity contribution >= 4 is 14.3 Å². The highest BCUT2D eigenvalue weighted by atomic mass is 28.4. The second kappa shape index (κ2) is 6.72. The molecule has 0 spiro atoms. The Morgan fingerprint density at radius 1 is 1.40 bits per heavy atom. The summed E-state index contributed by atoms with van der Waals surface area (Å²) in [6.45, 7) is 12.7. The smallest absolute Gasteiger partial charge is 0.307 e. The molecular weight excluding hydrogens is 268 g/mol. The molecule has 0 heterocycles. The van der Waals surface area contributed by atoms with Crippen LogP contribution in [0.3, 0.4) is 0 Å². The molecule has 0 radical (unpaired) electrons. The SMILES string of the molecule is CC(=O)O/C=C\C1=C[C@H](O[Si](C)(C)C(C)(C)C)CCC1. The molecule has 1 atom stereocenters. The van der Waals surface area contributed by atoms with E-state index in [1.807, 2.05) is 6.08 Å². The molecule has 1 rings (SSSR count). The van der Waals surface area contributed by atoms with E-state index in [1.54, 1.807) is 0 Å². The van der Waals surface area contributed by atoms with Gasteiger partial charge in [-0.3, -0.25) is 4.79 Å². The molecule has 0 N–H and O–H groups in total. The number of esters is 1. The van der Waals surface area contributed by atoms with Gasteiger partial charge in [-0.2, -0.15) is 0 Å². The number of rotatable bonds is 4. The quantitative estimate of drug-likeness (QED) is 0.433. The highest BCUT2D eigenvalue weighted by Gasteiger charge is 2.39. The number of hydrogen-bond donors (Lipinski definition) is 0. The second-order valence-corrected chi connectivity index (χ2v) is 11.7. The predicted molar refractivity (Wildman–Crippen MR) is 84.9 cm³/mol. The minimum atomic E-state index is -1.73. The van der Waals surface area contributed by atoms with E-state index in [9.17, 15) is 4.79 Å². The molecule has 0 aliphatic heterocycles. The average molecular weight is 296 g/mol. The van der Waals surface area contributed by atoms with Crippen LogP contribution < -0.4 is 0 Å². The normalized spacial score (nSPS) is 20.9. The summed E-state index contributed by atoms with van der Waals surface area (Å²) in [5.41, 5.74) is 1.20. The third kappa shape index (κ3) is 5.25. The van der Waals surface area contributed by atoms with Gasteiger partial charge in [-0.25, -0.2) is 0 Å². The summed E-state index contributed by atoms with van der Waals surface area (Å²) in [7, 11) is -1.73. The van der Waals surface area contributed by atoms with Crippen molar-refractivity contribution in [3.8, 4) is 0 Å². The topological polar surface area (TPSA) is 35.5 Å². The molecular formula is C16H28O3Si. The Morgan fingerprint density at radius 2 is 2.05 bits per heavy atom. The molecule has 3 nitrogen and oxygen atoms in total. The van der Waals surface area contributed by atoms with E-state index in [-0.39, 0.29) is 17.1 Å². The Labute approximate surface area is 124 Å². The maximum Gasteiger partial charge on any atom is 0.307 e. The van der Waals surface area contributed by atoms with Gasteiger partial charge in [-0.15, -0.1) is 0 Å². The van der Waals surface area contributed by atoms with Crippen LogP contribution in [0.4, 0.5) is 0 Å². The lowest BCUT2D eigenvalue weighted by Crippen LogP contribution is -2.43. The van der Waals surface area contributed by atoms with E-state index >= 15 is 0 Å². The molecule has 0 saturated carbocycles. The maximum absolute atomic E-state index is 10.7. The number of hydrogen-bond acceptors (Lipinski definition) is 3. The molecule has 0 aromatic carbocycles. The van der Waals surface area contributed by atoms with Crippen LogP contribution in [0.15, 0.2) is 24.0 Å². The molecule has 0 saturated heterocycles. The van der Waals surface area contributed by atoms with E-state index < -0.39 is 8.32 Å². The van der Waals surface area contributed by atoms with E-state index in [2.05, 4.69) is 39.9 Å². The highest BCUT2D eigenvalue weighted by molar-refractivity contribution is 6.74. The van der Waals surface area contributed by atoms with E-state index in [4.69, 9.17) is 9.16 Å². The lowest BCUT2D eigenvalue weighted by atomic mass is 9.98. The Morgan fingerprint density at radius 3 is 2.60 bits per heavy atom. The zero-order chi connectivity index (χ0) is 15.4. The molecule has 0 amide bonds. The van der Waals surface area contributed by atoms with Crippen molar-refractivity contribution in [1.29, 1.82) is 0 Å². The van der Waals surface area contributed by atoms with Gasteiger partial charge in [0.25, 0.3) is 0 Å². The van der Waals surface area contributed by atoms with Crippen molar-refractivity contribution in [3.63, 3.8) is 0 Å². The van der Waals surface area contributed by atoms with Crippen molar-refractivity contribution in [1.82, 2.24) is 0 Å². The first-order valence-corrected chi connectivity index (χ1v) is 10.2. The summed E-state index contributed by atoms with van der Waals surface area (Å²) < 4.78 is 11.3. The van der Waals surface area contributed by atoms with Gasteiger partial charge >= 0.3 is 5.97 Å². The van der Waals surface area contributed by atoms with Crippen molar-refractivity contribution in [2.45, 2.75) is 71.2 Å². The fourth-order valence-corrected chi connectivity index (χ4v) is 3.21. The van der Waals surface area contributed by atoms with Crippen LogP contribution in [-0.2, 0) is 14.0 Å². The molecule has 20 heavy (non-hydrogen) atoms. The van der Waals surface area contributed by atoms with Gasteiger partial charge in [-0.1, -0.05) is 26.8 Å². The van der Waals surface area contributed by atoms with Gasteiger partial charge in [0.2, 0.25) is 0 Å². The third-order valence-electron chi connectivity index (χ3n) is 4.12. The maximum atomic E-state index is 10.7. The van der Waals surface area contributed by atoms with Gasteiger partial charge in [0.05, 0.1) is 12.4 Å². The summed E-state index contributed by atoms with van der Waals surface area (Å²) in [5, 5.41) is 0.228. The van der Waals surface area contributed by atoms with Crippen molar-refractivity contribution in [3.05, 3.63) is 24.0 Å². The first kappa shape index (κ1) is 17.2. The molecule has 1 aliphatic carbocycles. The number of ether oxygens (including phenoxy) is 1. The van der Waals surface area contributed by atoms with Crippen LogP contribution in [0.25, 0.3) is 0 Å². The fourth-order valence-electron chi connectivity index (χ4n) is 1.92. The van der Waals surface area contributed by atoms with Gasteiger partial charge in [0.15, 0.2) is 8.32 Å². The van der Waals surface area contributed by atoms with Crippen LogP contribution in [0, 0.1) is 0 Å². The van der Waals surface area contributed by atoms with E-state index in [1.165, 1.54) is 18.8 Å². The second-order valence-electron chi connectivity index (χ2n) is 6.96. The number of carbonyl (C=O) groups excluding carboxylic acids is 1. The van der Waals surface area contributed by atoms with Crippen LogP contribution in [0.2, 0.25) is 18.1 Å². The molecule has 0 bridgehead atoms. The molecule has 0 aromatic rings. The third-order valence-corrected chi connectivity index (χ3v) is 8.63. The molecule has 1 aliphatic rings. The summed E-state index contributed by atoms with van der Waals surface area (Å²) in [5.74, 6) is -0.285. The van der Waals surface area contributed by atoms with Crippen molar-refractivity contribution < 1.29 is 14.0 Å². The first-order chi connectivity index (χ1) is 9.12. The van der Waals surface area contributed by atoms with E-state index in [0.717, 1.165) is 19.3 Å².